The highest BCUT2D eigenvalue weighted by molar-refractivity contribution is 7.30. The van der Waals surface area contributed by atoms with Gasteiger partial charge < -0.3 is 14.9 Å². The first-order valence-electron chi connectivity index (χ1n) is 2.18. The molecule has 0 aromatic carbocycles. The molecule has 0 bridgehead atoms. The van der Waals surface area contributed by atoms with E-state index in [2.05, 4.69) is 6.58 Å². The molecule has 0 fully saturated rings. The minimum absolute atomic E-state index is 0.176. The van der Waals surface area contributed by atoms with Crippen molar-refractivity contribution in [3.8, 4) is 0 Å². The third-order valence-corrected chi connectivity index (χ3v) is 0.365. The number of hydrogen-bond acceptors (Lipinski definition) is 2. The highest BCUT2D eigenvalue weighted by Gasteiger charge is 1.90. The Hall–Kier alpha value is -0.640. The van der Waals surface area contributed by atoms with Gasteiger partial charge in [-0.05, 0) is 6.92 Å². The van der Waals surface area contributed by atoms with Gasteiger partial charge in [0.05, 0.1) is 0 Å². The molecule has 5 nitrogen and oxygen atoms in total. The SMILES string of the molecule is C=C(C)C(=O)O.O=[PH](O)O. The molecule has 0 aliphatic rings. The summed E-state index contributed by atoms with van der Waals surface area (Å²) in [6.07, 6.45) is 0. The summed E-state index contributed by atoms with van der Waals surface area (Å²) in [6.45, 7) is 4.60. The van der Waals surface area contributed by atoms with Gasteiger partial charge in [-0.3, -0.25) is 4.57 Å². The number of aliphatic carboxylic acids is 1. The molecule has 0 saturated carbocycles. The lowest BCUT2D eigenvalue weighted by Gasteiger charge is -1.79. The molecule has 0 amide bonds. The van der Waals surface area contributed by atoms with E-state index in [9.17, 15) is 4.79 Å². The molecule has 0 aliphatic carbocycles. The van der Waals surface area contributed by atoms with Crippen molar-refractivity contribution in [2.45, 2.75) is 6.92 Å². The summed E-state index contributed by atoms with van der Waals surface area (Å²) in [6, 6.07) is 0. The van der Waals surface area contributed by atoms with Crippen molar-refractivity contribution in [1.82, 2.24) is 0 Å². The van der Waals surface area contributed by atoms with E-state index in [1.54, 1.807) is 0 Å². The monoisotopic (exact) mass is 168 g/mol. The lowest BCUT2D eigenvalue weighted by atomic mass is 10.4. The maximum atomic E-state index is 9.60. The van der Waals surface area contributed by atoms with Crippen molar-refractivity contribution in [3.63, 3.8) is 0 Å². The largest absolute Gasteiger partial charge is 0.478 e. The van der Waals surface area contributed by atoms with Crippen molar-refractivity contribution in [2.24, 2.45) is 0 Å². The molecule has 0 atom stereocenters. The number of rotatable bonds is 1. The molecule has 60 valence electrons. The zero-order valence-corrected chi connectivity index (χ0v) is 6.37. The van der Waals surface area contributed by atoms with E-state index in [1.807, 2.05) is 0 Å². The Kier molecular flexibility index (Phi) is 7.82. The van der Waals surface area contributed by atoms with E-state index < -0.39 is 14.2 Å². The lowest BCUT2D eigenvalue weighted by Crippen LogP contribution is -1.92. The van der Waals surface area contributed by atoms with Crippen LogP contribution in [0.5, 0.6) is 0 Å². The predicted molar refractivity (Wildman–Crippen MR) is 35.9 cm³/mol. The van der Waals surface area contributed by atoms with Crippen LogP contribution < -0.4 is 0 Å². The summed E-state index contributed by atoms with van der Waals surface area (Å²) in [4.78, 5) is 23.9. The van der Waals surface area contributed by atoms with Crippen molar-refractivity contribution < 1.29 is 24.3 Å². The van der Waals surface area contributed by atoms with Gasteiger partial charge in [-0.1, -0.05) is 6.58 Å². The average molecular weight is 168 g/mol. The summed E-state index contributed by atoms with van der Waals surface area (Å²) in [5, 5.41) is 7.89. The van der Waals surface area contributed by atoms with E-state index in [0.717, 1.165) is 0 Å². The standard InChI is InChI=1S/C4H6O2.H3O3P/c1-3(2)4(5)6;1-4(2)3/h1H2,2H3,(H,5,6);4H,(H2,1,2,3). The Balaban J connectivity index is 0. The molecule has 0 spiro atoms. The number of carboxylic acids is 1. The van der Waals surface area contributed by atoms with Gasteiger partial charge in [0.15, 0.2) is 0 Å². The van der Waals surface area contributed by atoms with Gasteiger partial charge in [0, 0.05) is 5.57 Å². The highest BCUT2D eigenvalue weighted by Crippen LogP contribution is 1.98. The Morgan fingerprint density at radius 3 is 1.60 bits per heavy atom. The first-order valence-corrected chi connectivity index (χ1v) is 3.49. The van der Waals surface area contributed by atoms with Gasteiger partial charge in [0.2, 0.25) is 0 Å². The molecule has 10 heavy (non-hydrogen) atoms. The zero-order chi connectivity index (χ0) is 8.73. The second kappa shape index (κ2) is 6.48. The van der Waals surface area contributed by atoms with Crippen LogP contribution >= 0.6 is 8.25 Å². The Morgan fingerprint density at radius 1 is 1.50 bits per heavy atom. The molecular formula is C4H9O5P. The number of carboxylic acid groups (broad SMARTS) is 1. The molecule has 0 radical (unpaired) electrons. The molecule has 3 N–H and O–H groups in total. The normalized spacial score (nSPS) is 8.00. The fraction of sp³-hybridized carbons (Fsp3) is 0.250. The van der Waals surface area contributed by atoms with E-state index >= 15 is 0 Å². The fourth-order valence-corrected chi connectivity index (χ4v) is 0. The van der Waals surface area contributed by atoms with Crippen LogP contribution in [-0.2, 0) is 9.36 Å². The minimum atomic E-state index is -3.13. The van der Waals surface area contributed by atoms with Crippen LogP contribution in [-0.4, -0.2) is 20.9 Å². The number of carbonyl (C=O) groups is 1. The molecular weight excluding hydrogens is 159 g/mol. The van der Waals surface area contributed by atoms with Crippen LogP contribution in [0.1, 0.15) is 6.92 Å². The first-order chi connectivity index (χ1) is 4.37. The first kappa shape index (κ1) is 12.1. The maximum absolute atomic E-state index is 9.60. The number of hydrogen-bond donors (Lipinski definition) is 3. The Morgan fingerprint density at radius 2 is 1.60 bits per heavy atom. The molecule has 6 heteroatoms. The van der Waals surface area contributed by atoms with Crippen LogP contribution in [0.15, 0.2) is 12.2 Å². The van der Waals surface area contributed by atoms with Gasteiger partial charge in [0.25, 0.3) is 0 Å². The van der Waals surface area contributed by atoms with Crippen LogP contribution in [0.4, 0.5) is 0 Å². The van der Waals surface area contributed by atoms with Gasteiger partial charge in [-0.2, -0.15) is 0 Å². The summed E-state index contributed by atoms with van der Waals surface area (Å²) >= 11 is 0. The third-order valence-electron chi connectivity index (χ3n) is 0.365. The molecule has 0 unspecified atom stereocenters. The van der Waals surface area contributed by atoms with Crippen molar-refractivity contribution in [2.75, 3.05) is 0 Å². The van der Waals surface area contributed by atoms with Crippen LogP contribution in [0.2, 0.25) is 0 Å². The Bertz CT molecular complexity index is 136. The highest BCUT2D eigenvalue weighted by atomic mass is 31.1. The van der Waals surface area contributed by atoms with E-state index in [1.165, 1.54) is 6.92 Å². The van der Waals surface area contributed by atoms with Crippen molar-refractivity contribution >= 4 is 14.2 Å². The minimum Gasteiger partial charge on any atom is -0.478 e. The van der Waals surface area contributed by atoms with Gasteiger partial charge in [-0.25, -0.2) is 4.79 Å². The summed E-state index contributed by atoms with van der Waals surface area (Å²) < 4.78 is 8.74. The molecule has 0 heterocycles. The van der Waals surface area contributed by atoms with E-state index in [-0.39, 0.29) is 5.57 Å². The third kappa shape index (κ3) is 26.4. The zero-order valence-electron chi connectivity index (χ0n) is 5.37. The molecule has 0 aromatic rings. The second-order valence-corrected chi connectivity index (χ2v) is 1.93. The molecule has 0 rings (SSSR count). The van der Waals surface area contributed by atoms with Crippen LogP contribution in [0.25, 0.3) is 0 Å². The summed E-state index contributed by atoms with van der Waals surface area (Å²) in [5.74, 6) is -0.935. The second-order valence-electron chi connectivity index (χ2n) is 1.37. The predicted octanol–water partition coefficient (Wildman–Crippen LogP) is 0.00780. The Labute approximate surface area is 58.6 Å². The quantitative estimate of drug-likeness (QED) is 0.378. The van der Waals surface area contributed by atoms with Crippen molar-refractivity contribution in [3.05, 3.63) is 12.2 Å². The molecule has 0 saturated heterocycles. The summed E-state index contributed by atoms with van der Waals surface area (Å²) in [7, 11) is -3.13. The van der Waals surface area contributed by atoms with Crippen LogP contribution in [0.3, 0.4) is 0 Å². The molecule has 0 aliphatic heterocycles. The van der Waals surface area contributed by atoms with E-state index in [0.29, 0.717) is 0 Å². The summed E-state index contributed by atoms with van der Waals surface area (Å²) in [5.41, 5.74) is 0.176. The van der Waals surface area contributed by atoms with Gasteiger partial charge in [0.1, 0.15) is 0 Å². The van der Waals surface area contributed by atoms with Gasteiger partial charge >= 0.3 is 14.2 Å². The van der Waals surface area contributed by atoms with Crippen molar-refractivity contribution in [1.29, 1.82) is 0 Å². The maximum Gasteiger partial charge on any atom is 0.330 e. The topological polar surface area (TPSA) is 94.8 Å². The van der Waals surface area contributed by atoms with Gasteiger partial charge in [-0.15, -0.1) is 0 Å². The molecule has 0 aromatic heterocycles. The smallest absolute Gasteiger partial charge is 0.330 e. The lowest BCUT2D eigenvalue weighted by molar-refractivity contribution is -0.132. The van der Waals surface area contributed by atoms with Crippen LogP contribution in [0, 0.1) is 0 Å². The van der Waals surface area contributed by atoms with E-state index in [4.69, 9.17) is 19.5 Å². The average Bonchev–Trinajstić information content (AvgIpc) is 1.63. The fourth-order valence-electron chi connectivity index (χ4n) is 0.